The van der Waals surface area contributed by atoms with Crippen LogP contribution in [0.2, 0.25) is 0 Å². The lowest BCUT2D eigenvalue weighted by atomic mass is 9.49. The molecular formula is C39H31N5OS. The number of hydrogen-bond donors (Lipinski definition) is 1. The molecule has 1 amide bonds. The lowest BCUT2D eigenvalue weighted by Crippen LogP contribution is -2.53. The Morgan fingerprint density at radius 1 is 0.913 bits per heavy atom. The van der Waals surface area contributed by atoms with Crippen LogP contribution in [0.25, 0.3) is 16.0 Å². The van der Waals surface area contributed by atoms with Gasteiger partial charge in [-0.25, -0.2) is 11.6 Å². The number of hydrogen-bond acceptors (Lipinski definition) is 4. The molecule has 7 heteroatoms. The van der Waals surface area contributed by atoms with Crippen LogP contribution in [0.4, 0.5) is 5.13 Å². The van der Waals surface area contributed by atoms with Crippen LogP contribution in [-0.4, -0.2) is 20.7 Å². The summed E-state index contributed by atoms with van der Waals surface area (Å²) in [6.07, 6.45) is 5.08. The van der Waals surface area contributed by atoms with Crippen LogP contribution in [0.1, 0.15) is 58.3 Å². The summed E-state index contributed by atoms with van der Waals surface area (Å²) < 4.78 is 1.96. The minimum Gasteiger partial charge on any atom is -0.301 e. The number of nitrogens with one attached hydrogen (secondary N) is 1. The highest BCUT2D eigenvalue weighted by Gasteiger charge is 2.64. The Kier molecular flexibility index (Phi) is 6.70. The molecule has 9 rings (SSSR count). The van der Waals surface area contributed by atoms with Crippen molar-refractivity contribution in [2.75, 3.05) is 5.32 Å². The lowest BCUT2D eigenvalue weighted by molar-refractivity contribution is -0.127. The molecule has 2 aromatic heterocycles. The van der Waals surface area contributed by atoms with Gasteiger partial charge < -0.3 is 5.32 Å². The Hall–Kier alpha value is -5.32. The van der Waals surface area contributed by atoms with E-state index in [1.807, 2.05) is 65.6 Å². The minimum atomic E-state index is -0.880. The van der Waals surface area contributed by atoms with Crippen LogP contribution in [0.15, 0.2) is 121 Å². The Labute approximate surface area is 272 Å². The fourth-order valence-electron chi connectivity index (χ4n) is 7.52. The molecule has 0 radical (unpaired) electrons. The first-order valence-corrected chi connectivity index (χ1v) is 16.3. The van der Waals surface area contributed by atoms with Gasteiger partial charge in [-0.05, 0) is 34.7 Å². The monoisotopic (exact) mass is 617 g/mol. The number of fused-ring (bicyclic) bond motifs is 1. The van der Waals surface area contributed by atoms with E-state index in [0.29, 0.717) is 18.0 Å². The second-order valence-electron chi connectivity index (χ2n) is 12.6. The molecule has 0 saturated heterocycles. The van der Waals surface area contributed by atoms with Crippen LogP contribution >= 0.6 is 11.3 Å². The summed E-state index contributed by atoms with van der Waals surface area (Å²) in [6.45, 7) is 11.1. The summed E-state index contributed by atoms with van der Waals surface area (Å²) in [7, 11) is 0. The highest BCUT2D eigenvalue weighted by molar-refractivity contribution is 7.13. The Morgan fingerprint density at radius 3 is 2.28 bits per heavy atom. The Morgan fingerprint density at radius 2 is 1.59 bits per heavy atom. The van der Waals surface area contributed by atoms with Crippen LogP contribution in [0, 0.1) is 12.0 Å². The van der Waals surface area contributed by atoms with E-state index in [9.17, 15) is 4.79 Å². The third-order valence-electron chi connectivity index (χ3n) is 9.67. The SMILES string of the molecule is [C-]#[N+]C12CC(C)(C(=O)Nc3nc(Cc4ccc(-c5cnn(Cc6ccccc6)c5)cc4)cs3)C(c3ccccc31)c1ccccc12. The van der Waals surface area contributed by atoms with Crippen molar-refractivity contribution < 1.29 is 4.79 Å². The molecule has 4 aromatic carbocycles. The molecule has 224 valence electrons. The molecule has 0 aliphatic heterocycles. The normalized spacial score (nSPS) is 20.8. The number of carbonyl (C=O) groups excluding carboxylic acids is 1. The maximum Gasteiger partial charge on any atom is 0.284 e. The third-order valence-corrected chi connectivity index (χ3v) is 10.5. The zero-order valence-corrected chi connectivity index (χ0v) is 26.2. The summed E-state index contributed by atoms with van der Waals surface area (Å²) in [4.78, 5) is 23.2. The number of amides is 1. The smallest absolute Gasteiger partial charge is 0.284 e. The van der Waals surface area contributed by atoms with Crippen molar-refractivity contribution in [1.82, 2.24) is 14.8 Å². The van der Waals surface area contributed by atoms with E-state index in [-0.39, 0.29) is 11.8 Å². The molecule has 1 N–H and O–H groups in total. The highest BCUT2D eigenvalue weighted by Crippen LogP contribution is 2.64. The molecule has 0 fully saturated rings. The zero-order valence-electron chi connectivity index (χ0n) is 25.4. The molecule has 0 spiro atoms. The second kappa shape index (κ2) is 10.9. The van der Waals surface area contributed by atoms with Gasteiger partial charge in [-0.1, -0.05) is 103 Å². The Balaban J connectivity index is 0.981. The average molecular weight is 618 g/mol. The molecule has 2 bridgehead atoms. The molecule has 1 atom stereocenters. The number of aromatic nitrogens is 3. The first-order valence-electron chi connectivity index (χ1n) is 15.5. The van der Waals surface area contributed by atoms with Crippen molar-refractivity contribution in [3.63, 3.8) is 0 Å². The quantitative estimate of drug-likeness (QED) is 0.183. The maximum atomic E-state index is 14.1. The van der Waals surface area contributed by atoms with Crippen LogP contribution in [0.3, 0.4) is 0 Å². The van der Waals surface area contributed by atoms with Crippen molar-refractivity contribution in [3.05, 3.63) is 171 Å². The van der Waals surface area contributed by atoms with Gasteiger partial charge in [0, 0.05) is 47.0 Å². The van der Waals surface area contributed by atoms with Gasteiger partial charge in [0.25, 0.3) is 5.54 Å². The highest BCUT2D eigenvalue weighted by atomic mass is 32.1. The molecule has 2 heterocycles. The molecule has 46 heavy (non-hydrogen) atoms. The zero-order chi connectivity index (χ0) is 31.3. The molecular weight excluding hydrogens is 587 g/mol. The number of benzene rings is 4. The number of anilines is 1. The lowest BCUT2D eigenvalue weighted by Gasteiger charge is -2.51. The number of nitrogens with zero attached hydrogens (tertiary/aromatic N) is 4. The van der Waals surface area contributed by atoms with Crippen molar-refractivity contribution in [1.29, 1.82) is 0 Å². The third kappa shape index (κ3) is 4.57. The van der Waals surface area contributed by atoms with E-state index in [0.717, 1.165) is 51.2 Å². The van der Waals surface area contributed by atoms with Crippen LogP contribution in [-0.2, 0) is 23.3 Å². The van der Waals surface area contributed by atoms with Gasteiger partial charge in [-0.15, -0.1) is 11.3 Å². The van der Waals surface area contributed by atoms with E-state index < -0.39 is 11.0 Å². The van der Waals surface area contributed by atoms with Crippen molar-refractivity contribution in [3.8, 4) is 11.1 Å². The van der Waals surface area contributed by atoms with Gasteiger partial charge in [-0.3, -0.25) is 14.3 Å². The van der Waals surface area contributed by atoms with Crippen LogP contribution in [0.5, 0.6) is 0 Å². The summed E-state index contributed by atoms with van der Waals surface area (Å²) in [6, 6.07) is 35.1. The van der Waals surface area contributed by atoms with Crippen LogP contribution < -0.4 is 5.32 Å². The number of carbonyl (C=O) groups is 1. The van der Waals surface area contributed by atoms with E-state index in [1.54, 1.807) is 0 Å². The average Bonchev–Trinajstić information content (AvgIpc) is 3.75. The van der Waals surface area contributed by atoms with Gasteiger partial charge in [0.1, 0.15) is 0 Å². The van der Waals surface area contributed by atoms with E-state index in [4.69, 9.17) is 11.6 Å². The standard InChI is InChI=1S/C39H31N5OS/c1-38(25-39(40-2)33-14-8-6-12-31(33)35(38)32-13-7-9-15-34(32)39)36(45)43-37-42-30(24-46-37)20-26-16-18-28(19-17-26)29-21-41-44(23-29)22-27-10-4-3-5-11-27/h3-19,21,23-24,35H,20,22,25H2,1H3,(H,42,43,45). The number of thiazole rings is 1. The van der Waals surface area contributed by atoms with E-state index >= 15 is 0 Å². The van der Waals surface area contributed by atoms with E-state index in [2.05, 4.69) is 82.1 Å². The summed E-state index contributed by atoms with van der Waals surface area (Å²) in [5, 5.41) is 10.3. The molecule has 1 unspecified atom stereocenters. The summed E-state index contributed by atoms with van der Waals surface area (Å²) in [5.41, 5.74) is 8.00. The molecule has 6 nitrogen and oxygen atoms in total. The van der Waals surface area contributed by atoms with Gasteiger partial charge in [0.2, 0.25) is 5.91 Å². The topological polar surface area (TPSA) is 64.2 Å². The van der Waals surface area contributed by atoms with Crippen molar-refractivity contribution >= 4 is 22.4 Å². The van der Waals surface area contributed by atoms with Crippen molar-refractivity contribution in [2.45, 2.75) is 37.8 Å². The van der Waals surface area contributed by atoms with Gasteiger partial charge in [-0.2, -0.15) is 5.10 Å². The van der Waals surface area contributed by atoms with Gasteiger partial charge in [0.05, 0.1) is 23.9 Å². The first kappa shape index (κ1) is 28.2. The second-order valence-corrected chi connectivity index (χ2v) is 13.4. The Bertz CT molecular complexity index is 2080. The first-order chi connectivity index (χ1) is 22.5. The predicted octanol–water partition coefficient (Wildman–Crippen LogP) is 8.30. The maximum absolute atomic E-state index is 14.1. The molecule has 3 aliphatic carbocycles. The fraction of sp³-hybridized carbons (Fsp3) is 0.179. The predicted molar refractivity (Wildman–Crippen MR) is 182 cm³/mol. The molecule has 3 aliphatic rings. The van der Waals surface area contributed by atoms with Gasteiger partial charge in [0.15, 0.2) is 5.13 Å². The summed E-state index contributed by atoms with van der Waals surface area (Å²) >= 11 is 1.44. The van der Waals surface area contributed by atoms with Gasteiger partial charge >= 0.3 is 0 Å². The molecule has 6 aromatic rings. The molecule has 0 saturated carbocycles. The minimum absolute atomic E-state index is 0.0902. The largest absolute Gasteiger partial charge is 0.301 e. The van der Waals surface area contributed by atoms with Crippen molar-refractivity contribution in [2.24, 2.45) is 5.41 Å². The number of rotatable bonds is 7. The van der Waals surface area contributed by atoms with E-state index in [1.165, 1.54) is 16.9 Å². The summed E-state index contributed by atoms with van der Waals surface area (Å²) in [5.74, 6) is -0.223. The fourth-order valence-corrected chi connectivity index (χ4v) is 8.23.